The SMILES string of the molecule is CCCNc1nnc(S(=O)(=O)Cc2cnoc2C2CC2)s1. The van der Waals surface area contributed by atoms with Gasteiger partial charge < -0.3 is 9.84 Å². The van der Waals surface area contributed by atoms with E-state index >= 15 is 0 Å². The van der Waals surface area contributed by atoms with Crippen LogP contribution >= 0.6 is 11.3 Å². The molecular weight excluding hydrogens is 312 g/mol. The molecule has 9 heteroatoms. The van der Waals surface area contributed by atoms with Crippen LogP contribution in [0.1, 0.15) is 43.4 Å². The van der Waals surface area contributed by atoms with E-state index in [-0.39, 0.29) is 10.1 Å². The van der Waals surface area contributed by atoms with E-state index in [9.17, 15) is 8.42 Å². The highest BCUT2D eigenvalue weighted by Gasteiger charge is 2.32. The Bertz CT molecular complexity index is 718. The molecular formula is C12H16N4O3S2. The fourth-order valence-electron chi connectivity index (χ4n) is 1.96. The van der Waals surface area contributed by atoms with Crippen molar-refractivity contribution in [3.8, 4) is 0 Å². The number of nitrogens with one attached hydrogen (secondary N) is 1. The lowest BCUT2D eigenvalue weighted by Crippen LogP contribution is -2.05. The topological polar surface area (TPSA) is 98.0 Å². The number of sulfone groups is 1. The Morgan fingerprint density at radius 3 is 2.95 bits per heavy atom. The molecule has 114 valence electrons. The first kappa shape index (κ1) is 14.5. The Balaban J connectivity index is 1.76. The first-order valence-corrected chi connectivity index (χ1v) is 9.30. The molecule has 2 aromatic heterocycles. The van der Waals surface area contributed by atoms with Gasteiger partial charge in [-0.25, -0.2) is 8.42 Å². The minimum atomic E-state index is -3.51. The molecule has 0 bridgehead atoms. The van der Waals surface area contributed by atoms with Crippen molar-refractivity contribution in [2.45, 2.75) is 42.2 Å². The molecule has 1 aliphatic rings. The Labute approximate surface area is 126 Å². The van der Waals surface area contributed by atoms with Crippen molar-refractivity contribution >= 4 is 26.3 Å². The van der Waals surface area contributed by atoms with Crippen molar-refractivity contribution in [3.63, 3.8) is 0 Å². The van der Waals surface area contributed by atoms with Crippen LogP contribution in [0.5, 0.6) is 0 Å². The van der Waals surface area contributed by atoms with E-state index in [4.69, 9.17) is 4.52 Å². The summed E-state index contributed by atoms with van der Waals surface area (Å²) in [5, 5.41) is 14.9. The minimum absolute atomic E-state index is 0.0315. The third kappa shape index (κ3) is 3.24. The number of aromatic nitrogens is 3. The zero-order valence-corrected chi connectivity index (χ0v) is 13.2. The molecule has 1 saturated carbocycles. The highest BCUT2D eigenvalue weighted by atomic mass is 32.2. The first-order valence-electron chi connectivity index (χ1n) is 6.83. The molecule has 0 radical (unpaired) electrons. The van der Waals surface area contributed by atoms with Crippen LogP contribution in [-0.4, -0.2) is 30.3 Å². The smallest absolute Gasteiger partial charge is 0.234 e. The van der Waals surface area contributed by atoms with Gasteiger partial charge in [0.2, 0.25) is 19.3 Å². The number of hydrogen-bond donors (Lipinski definition) is 1. The Kier molecular flexibility index (Phi) is 3.94. The summed E-state index contributed by atoms with van der Waals surface area (Å²) in [4.78, 5) is 0. The van der Waals surface area contributed by atoms with E-state index in [1.807, 2.05) is 6.92 Å². The third-order valence-electron chi connectivity index (χ3n) is 3.17. The van der Waals surface area contributed by atoms with E-state index in [0.29, 0.717) is 22.4 Å². The number of hydrogen-bond acceptors (Lipinski definition) is 8. The number of anilines is 1. The van der Waals surface area contributed by atoms with Crippen LogP contribution < -0.4 is 5.32 Å². The Morgan fingerprint density at radius 1 is 1.43 bits per heavy atom. The largest absolute Gasteiger partial charge is 0.361 e. The van der Waals surface area contributed by atoms with Crippen molar-refractivity contribution in [3.05, 3.63) is 17.5 Å². The second kappa shape index (κ2) is 5.72. The zero-order chi connectivity index (χ0) is 14.9. The van der Waals surface area contributed by atoms with E-state index in [1.165, 1.54) is 6.20 Å². The summed E-state index contributed by atoms with van der Waals surface area (Å²) in [5.41, 5.74) is 0.635. The van der Waals surface area contributed by atoms with Crippen molar-refractivity contribution in [1.82, 2.24) is 15.4 Å². The fraction of sp³-hybridized carbons (Fsp3) is 0.583. The summed E-state index contributed by atoms with van der Waals surface area (Å²) in [6.07, 6.45) is 4.49. The molecule has 3 rings (SSSR count). The Morgan fingerprint density at radius 2 is 2.24 bits per heavy atom. The molecule has 1 N–H and O–H groups in total. The van der Waals surface area contributed by atoms with Gasteiger partial charge in [0.25, 0.3) is 0 Å². The maximum atomic E-state index is 12.4. The zero-order valence-electron chi connectivity index (χ0n) is 11.6. The monoisotopic (exact) mass is 328 g/mol. The molecule has 0 amide bonds. The van der Waals surface area contributed by atoms with Crippen LogP contribution in [0.25, 0.3) is 0 Å². The van der Waals surface area contributed by atoms with Crippen LogP contribution in [-0.2, 0) is 15.6 Å². The van der Waals surface area contributed by atoms with E-state index < -0.39 is 9.84 Å². The highest BCUT2D eigenvalue weighted by Crippen LogP contribution is 2.42. The number of nitrogens with zero attached hydrogens (tertiary/aromatic N) is 3. The molecule has 2 aromatic rings. The van der Waals surface area contributed by atoms with Gasteiger partial charge in [0.15, 0.2) is 0 Å². The second-order valence-electron chi connectivity index (χ2n) is 5.05. The molecule has 0 spiro atoms. The molecule has 0 atom stereocenters. The van der Waals surface area contributed by atoms with Crippen LogP contribution in [0.4, 0.5) is 5.13 Å². The van der Waals surface area contributed by atoms with Crippen molar-refractivity contribution in [2.24, 2.45) is 0 Å². The minimum Gasteiger partial charge on any atom is -0.361 e. The molecule has 0 saturated heterocycles. The first-order chi connectivity index (χ1) is 10.1. The predicted octanol–water partition coefficient (Wildman–Crippen LogP) is 2.20. The lowest BCUT2D eigenvalue weighted by atomic mass is 10.2. The van der Waals surface area contributed by atoms with Gasteiger partial charge in [-0.2, -0.15) is 0 Å². The molecule has 0 unspecified atom stereocenters. The highest BCUT2D eigenvalue weighted by molar-refractivity contribution is 7.92. The van der Waals surface area contributed by atoms with Crippen molar-refractivity contribution in [2.75, 3.05) is 11.9 Å². The van der Waals surface area contributed by atoms with Gasteiger partial charge in [-0.05, 0) is 19.3 Å². The quantitative estimate of drug-likeness (QED) is 0.832. The molecule has 7 nitrogen and oxygen atoms in total. The average Bonchev–Trinajstić information content (AvgIpc) is 2.99. The van der Waals surface area contributed by atoms with E-state index in [0.717, 1.165) is 37.1 Å². The second-order valence-corrected chi connectivity index (χ2v) is 8.19. The van der Waals surface area contributed by atoms with Crippen LogP contribution in [0.3, 0.4) is 0 Å². The maximum Gasteiger partial charge on any atom is 0.234 e. The van der Waals surface area contributed by atoms with Crippen LogP contribution in [0.2, 0.25) is 0 Å². The standard InChI is InChI=1S/C12H16N4O3S2/c1-2-5-13-11-15-16-12(20-11)21(17,18)7-9-6-14-19-10(9)8-3-4-8/h6,8H,2-5,7H2,1H3,(H,13,15). The average molecular weight is 328 g/mol. The van der Waals surface area contributed by atoms with Crippen LogP contribution in [0.15, 0.2) is 15.1 Å². The van der Waals surface area contributed by atoms with Gasteiger partial charge in [-0.3, -0.25) is 0 Å². The summed E-state index contributed by atoms with van der Waals surface area (Å²) >= 11 is 1.06. The van der Waals surface area contributed by atoms with Gasteiger partial charge in [0.05, 0.1) is 11.9 Å². The summed E-state index contributed by atoms with van der Waals surface area (Å²) < 4.78 is 30.0. The third-order valence-corrected chi connectivity index (χ3v) is 6.16. The summed E-state index contributed by atoms with van der Waals surface area (Å²) in [5.74, 6) is 0.895. The lowest BCUT2D eigenvalue weighted by Gasteiger charge is -1.99. The molecule has 1 fully saturated rings. The van der Waals surface area contributed by atoms with Gasteiger partial charge >= 0.3 is 0 Å². The van der Waals surface area contributed by atoms with Gasteiger partial charge in [-0.15, -0.1) is 10.2 Å². The van der Waals surface area contributed by atoms with Gasteiger partial charge in [0.1, 0.15) is 5.76 Å². The summed E-state index contributed by atoms with van der Waals surface area (Å²) in [7, 11) is -3.51. The summed E-state index contributed by atoms with van der Waals surface area (Å²) in [6, 6.07) is 0. The normalized spacial score (nSPS) is 15.3. The molecule has 1 aliphatic carbocycles. The predicted molar refractivity (Wildman–Crippen MR) is 78.1 cm³/mol. The Hall–Kier alpha value is -1.48. The summed E-state index contributed by atoms with van der Waals surface area (Å²) in [6.45, 7) is 2.77. The lowest BCUT2D eigenvalue weighted by molar-refractivity contribution is 0.383. The molecule has 2 heterocycles. The van der Waals surface area contributed by atoms with Crippen molar-refractivity contribution < 1.29 is 12.9 Å². The van der Waals surface area contributed by atoms with Gasteiger partial charge in [-0.1, -0.05) is 23.4 Å². The molecule has 0 aliphatic heterocycles. The van der Waals surface area contributed by atoms with Crippen molar-refractivity contribution in [1.29, 1.82) is 0 Å². The van der Waals surface area contributed by atoms with Crippen LogP contribution in [0, 0.1) is 0 Å². The van der Waals surface area contributed by atoms with E-state index in [2.05, 4.69) is 20.7 Å². The number of rotatable bonds is 7. The maximum absolute atomic E-state index is 12.4. The molecule has 21 heavy (non-hydrogen) atoms. The van der Waals surface area contributed by atoms with Gasteiger partial charge in [0, 0.05) is 18.0 Å². The van der Waals surface area contributed by atoms with E-state index in [1.54, 1.807) is 0 Å². The fourth-order valence-corrected chi connectivity index (χ4v) is 4.30. The molecule has 0 aromatic carbocycles.